The maximum atomic E-state index is 14.4. The second-order valence-electron chi connectivity index (χ2n) is 6.50. The Morgan fingerprint density at radius 3 is 2.52 bits per heavy atom. The Hall–Kier alpha value is -2.10. The molecule has 2 aliphatic rings. The summed E-state index contributed by atoms with van der Waals surface area (Å²) in [6.45, 7) is -0.125. The highest BCUT2D eigenvalue weighted by Crippen LogP contribution is 2.50. The molecule has 1 saturated carbocycles. The van der Waals surface area contributed by atoms with Crippen molar-refractivity contribution in [3.63, 3.8) is 0 Å². The summed E-state index contributed by atoms with van der Waals surface area (Å²) < 4.78 is 70.9. The first kappa shape index (κ1) is 19.7. The first-order valence-electron chi connectivity index (χ1n) is 8.03. The van der Waals surface area contributed by atoms with Gasteiger partial charge < -0.3 is 15.4 Å². The van der Waals surface area contributed by atoms with E-state index in [1.165, 1.54) is 0 Å². The molecule has 1 aromatic rings. The van der Waals surface area contributed by atoms with Gasteiger partial charge in [-0.3, -0.25) is 4.79 Å². The molecule has 1 saturated heterocycles. The molecule has 1 aromatic carbocycles. The van der Waals surface area contributed by atoms with Crippen LogP contribution >= 0.6 is 11.6 Å². The SMILES string of the molecule is O=C1NCC(C(=O)N[C@H](c2ccc(F)c(Cl)c2F)C2CC(C(F)(F)F)C2)O1. The fourth-order valence-electron chi connectivity index (χ4n) is 3.21. The first-order chi connectivity index (χ1) is 12.6. The van der Waals surface area contributed by atoms with Crippen LogP contribution in [0.5, 0.6) is 0 Å². The number of benzene rings is 1. The quantitative estimate of drug-likeness (QED) is 0.588. The number of amides is 2. The van der Waals surface area contributed by atoms with Crippen LogP contribution in [0.15, 0.2) is 12.1 Å². The molecule has 3 rings (SSSR count). The molecule has 1 heterocycles. The summed E-state index contributed by atoms with van der Waals surface area (Å²) in [6, 6.07) is 0.728. The fraction of sp³-hybridized carbons (Fsp3) is 0.500. The second kappa shape index (κ2) is 7.14. The van der Waals surface area contributed by atoms with Gasteiger partial charge in [-0.05, 0) is 24.8 Å². The molecule has 0 spiro atoms. The van der Waals surface area contributed by atoms with E-state index in [1.54, 1.807) is 0 Å². The minimum Gasteiger partial charge on any atom is -0.434 e. The number of ether oxygens (including phenoxy) is 1. The van der Waals surface area contributed by atoms with E-state index in [0.717, 1.165) is 12.1 Å². The van der Waals surface area contributed by atoms with E-state index in [4.69, 9.17) is 16.3 Å². The molecule has 27 heavy (non-hydrogen) atoms. The van der Waals surface area contributed by atoms with Crippen LogP contribution in [0.25, 0.3) is 0 Å². The van der Waals surface area contributed by atoms with Crippen LogP contribution in [0.3, 0.4) is 0 Å². The van der Waals surface area contributed by atoms with Crippen molar-refractivity contribution in [1.29, 1.82) is 0 Å². The number of rotatable bonds is 4. The van der Waals surface area contributed by atoms with E-state index in [2.05, 4.69) is 10.6 Å². The Balaban J connectivity index is 1.83. The van der Waals surface area contributed by atoms with E-state index in [1.807, 2.05) is 0 Å². The van der Waals surface area contributed by atoms with Crippen LogP contribution < -0.4 is 10.6 Å². The maximum absolute atomic E-state index is 14.4. The summed E-state index contributed by atoms with van der Waals surface area (Å²) in [7, 11) is 0. The van der Waals surface area contributed by atoms with Crippen molar-refractivity contribution in [2.24, 2.45) is 11.8 Å². The largest absolute Gasteiger partial charge is 0.434 e. The summed E-state index contributed by atoms with van der Waals surface area (Å²) in [4.78, 5) is 23.3. The Morgan fingerprint density at radius 2 is 1.96 bits per heavy atom. The van der Waals surface area contributed by atoms with Crippen LogP contribution in [0.4, 0.5) is 26.7 Å². The third-order valence-corrected chi connectivity index (χ3v) is 5.13. The molecule has 148 valence electrons. The maximum Gasteiger partial charge on any atom is 0.408 e. The van der Waals surface area contributed by atoms with Crippen molar-refractivity contribution >= 4 is 23.6 Å². The molecule has 2 fully saturated rings. The molecule has 2 amide bonds. The monoisotopic (exact) mass is 412 g/mol. The summed E-state index contributed by atoms with van der Waals surface area (Å²) in [5.41, 5.74) is -0.224. The van der Waals surface area contributed by atoms with Crippen LogP contribution in [0.2, 0.25) is 5.02 Å². The predicted octanol–water partition coefficient (Wildman–Crippen LogP) is 3.47. The topological polar surface area (TPSA) is 67.4 Å². The lowest BCUT2D eigenvalue weighted by Crippen LogP contribution is -2.47. The highest BCUT2D eigenvalue weighted by molar-refractivity contribution is 6.31. The standard InChI is InChI=1S/C16H14ClF5N2O3/c17-11-9(18)2-1-8(12(11)19)13(6-3-7(4-6)16(20,21)22)24-14(25)10-5-23-15(26)27-10/h1-2,6-7,10,13H,3-5H2,(H,23,26)(H,24,25)/t6?,7?,10?,13-/m0/s1. The van der Waals surface area contributed by atoms with Gasteiger partial charge in [0, 0.05) is 5.56 Å². The molecule has 1 unspecified atom stereocenters. The van der Waals surface area contributed by atoms with Crippen molar-refractivity contribution < 1.29 is 36.3 Å². The number of carbonyl (C=O) groups excluding carboxylic acids is 2. The minimum absolute atomic E-state index is 0.125. The number of hydrogen-bond acceptors (Lipinski definition) is 3. The van der Waals surface area contributed by atoms with Gasteiger partial charge in [0.1, 0.15) is 16.7 Å². The third-order valence-electron chi connectivity index (χ3n) is 4.78. The van der Waals surface area contributed by atoms with Gasteiger partial charge in [0.05, 0.1) is 18.5 Å². The van der Waals surface area contributed by atoms with Crippen molar-refractivity contribution in [3.8, 4) is 0 Å². The number of carbonyl (C=O) groups is 2. The Bertz CT molecular complexity index is 767. The molecule has 11 heteroatoms. The zero-order valence-electron chi connectivity index (χ0n) is 13.6. The van der Waals surface area contributed by atoms with Gasteiger partial charge in [0.2, 0.25) is 0 Å². The molecule has 5 nitrogen and oxygen atoms in total. The van der Waals surface area contributed by atoms with Crippen LogP contribution in [-0.2, 0) is 9.53 Å². The summed E-state index contributed by atoms with van der Waals surface area (Å²) >= 11 is 5.55. The lowest BCUT2D eigenvalue weighted by molar-refractivity contribution is -0.207. The van der Waals surface area contributed by atoms with Gasteiger partial charge in [-0.1, -0.05) is 17.7 Å². The van der Waals surface area contributed by atoms with Crippen LogP contribution in [0.1, 0.15) is 24.4 Å². The lowest BCUT2D eigenvalue weighted by Gasteiger charge is -2.41. The zero-order valence-corrected chi connectivity index (χ0v) is 14.3. The molecular formula is C16H14ClF5N2O3. The number of hydrogen-bond donors (Lipinski definition) is 2. The minimum atomic E-state index is -4.39. The van der Waals surface area contributed by atoms with Crippen molar-refractivity contribution in [3.05, 3.63) is 34.4 Å². The van der Waals surface area contributed by atoms with Crippen molar-refractivity contribution in [1.82, 2.24) is 10.6 Å². The molecule has 0 radical (unpaired) electrons. The van der Waals surface area contributed by atoms with Crippen LogP contribution in [-0.4, -0.2) is 30.8 Å². The van der Waals surface area contributed by atoms with Gasteiger partial charge in [-0.2, -0.15) is 13.2 Å². The second-order valence-corrected chi connectivity index (χ2v) is 6.87. The van der Waals surface area contributed by atoms with Crippen molar-refractivity contribution in [2.75, 3.05) is 6.54 Å². The predicted molar refractivity (Wildman–Crippen MR) is 82.8 cm³/mol. The molecule has 2 atom stereocenters. The van der Waals surface area contributed by atoms with Gasteiger partial charge >= 0.3 is 12.3 Å². The third kappa shape index (κ3) is 3.95. The fourth-order valence-corrected chi connectivity index (χ4v) is 3.38. The highest BCUT2D eigenvalue weighted by Gasteiger charge is 2.51. The Labute approximate surface area is 155 Å². The smallest absolute Gasteiger partial charge is 0.408 e. The number of alkyl carbamates (subject to hydrolysis) is 1. The molecule has 1 aliphatic heterocycles. The highest BCUT2D eigenvalue weighted by atomic mass is 35.5. The molecule has 1 aliphatic carbocycles. The zero-order chi connectivity index (χ0) is 19.9. The van der Waals surface area contributed by atoms with E-state index in [0.29, 0.717) is 0 Å². The number of alkyl halides is 3. The number of cyclic esters (lactones) is 1. The Morgan fingerprint density at radius 1 is 1.30 bits per heavy atom. The average Bonchev–Trinajstić information content (AvgIpc) is 2.96. The molecule has 0 bridgehead atoms. The molecule has 0 aromatic heterocycles. The number of nitrogens with one attached hydrogen (secondary N) is 2. The Kier molecular flexibility index (Phi) is 5.20. The van der Waals surface area contributed by atoms with E-state index in [-0.39, 0.29) is 24.9 Å². The van der Waals surface area contributed by atoms with Gasteiger partial charge in [0.25, 0.3) is 5.91 Å². The van der Waals surface area contributed by atoms with Gasteiger partial charge in [0.15, 0.2) is 6.10 Å². The number of halogens is 6. The normalized spacial score (nSPS) is 26.0. The van der Waals surface area contributed by atoms with E-state index < -0.39 is 58.8 Å². The van der Waals surface area contributed by atoms with E-state index in [9.17, 15) is 31.5 Å². The first-order valence-corrected chi connectivity index (χ1v) is 8.40. The summed E-state index contributed by atoms with van der Waals surface area (Å²) in [5.74, 6) is -5.28. The van der Waals surface area contributed by atoms with E-state index >= 15 is 0 Å². The van der Waals surface area contributed by atoms with Crippen molar-refractivity contribution in [2.45, 2.75) is 31.2 Å². The molecule has 2 N–H and O–H groups in total. The van der Waals surface area contributed by atoms with Gasteiger partial charge in [-0.25, -0.2) is 13.6 Å². The molecular weight excluding hydrogens is 399 g/mol. The van der Waals surface area contributed by atoms with Crippen LogP contribution in [0, 0.1) is 23.5 Å². The lowest BCUT2D eigenvalue weighted by atomic mass is 9.69. The average molecular weight is 413 g/mol. The van der Waals surface area contributed by atoms with Gasteiger partial charge in [-0.15, -0.1) is 0 Å². The summed E-state index contributed by atoms with van der Waals surface area (Å²) in [5, 5.41) is 3.86. The summed E-state index contributed by atoms with van der Waals surface area (Å²) in [6.07, 6.45) is -7.06.